The number of benzene rings is 3. The van der Waals surface area contributed by atoms with Crippen molar-refractivity contribution < 1.29 is 9.22 Å². The topological polar surface area (TPSA) is 26.3 Å². The van der Waals surface area contributed by atoms with E-state index in [2.05, 4.69) is 0 Å². The van der Waals surface area contributed by atoms with Crippen LogP contribution < -0.4 is 0 Å². The second-order valence-corrected chi connectivity index (χ2v) is 5.75. The zero-order chi connectivity index (χ0) is 16.8. The summed E-state index contributed by atoms with van der Waals surface area (Å²) < 4.78 is 5.23. The maximum absolute atomic E-state index is 12.7. The minimum Gasteiger partial charge on any atom is -0.525 e. The van der Waals surface area contributed by atoms with E-state index in [9.17, 15) is 4.79 Å². The quantitative estimate of drug-likeness (QED) is 0.416. The molecule has 0 radical (unpaired) electrons. The van der Waals surface area contributed by atoms with E-state index in [1.54, 1.807) is 0 Å². The molecule has 0 amide bonds. The Balaban J connectivity index is 2.35. The second-order valence-electron chi connectivity index (χ2n) is 5.34. The molecular weight excluding hydrogens is 312 g/mol. The summed E-state index contributed by atoms with van der Waals surface area (Å²) in [6, 6.07) is 29.6. The number of hydrogen-bond donors (Lipinski definition) is 0. The van der Waals surface area contributed by atoms with Crippen molar-refractivity contribution in [2.24, 2.45) is 0 Å². The first kappa shape index (κ1) is 16.0. The highest BCUT2D eigenvalue weighted by Gasteiger charge is 2.20. The first-order valence-electron chi connectivity index (χ1n) is 7.80. The third-order valence-corrected chi connectivity index (χ3v) is 4.20. The lowest BCUT2D eigenvalue weighted by Crippen LogP contribution is -2.08. The van der Waals surface area contributed by atoms with Gasteiger partial charge in [0.25, 0.3) is 0 Å². The Morgan fingerprint density at radius 2 is 1.00 bits per heavy atom. The van der Waals surface area contributed by atoms with Gasteiger partial charge < -0.3 is 4.43 Å². The SMILES string of the molecule is O=C(O[SiH3])C(=C(c1ccccc1)c1ccccc1)c1ccccc1. The lowest BCUT2D eigenvalue weighted by molar-refractivity contribution is -0.127. The molecule has 0 unspecified atom stereocenters. The molecule has 3 rings (SSSR count). The summed E-state index contributed by atoms with van der Waals surface area (Å²) in [5.74, 6) is -0.282. The van der Waals surface area contributed by atoms with E-state index in [1.807, 2.05) is 91.0 Å². The summed E-state index contributed by atoms with van der Waals surface area (Å²) in [5, 5.41) is 0. The molecule has 0 bridgehead atoms. The molecule has 0 fully saturated rings. The van der Waals surface area contributed by atoms with Crippen LogP contribution in [0.3, 0.4) is 0 Å². The molecule has 24 heavy (non-hydrogen) atoms. The number of rotatable bonds is 4. The molecule has 0 aliphatic carbocycles. The molecule has 3 aromatic carbocycles. The van der Waals surface area contributed by atoms with Gasteiger partial charge in [-0.1, -0.05) is 91.0 Å². The van der Waals surface area contributed by atoms with Crippen molar-refractivity contribution in [3.05, 3.63) is 108 Å². The minimum absolute atomic E-state index is 0.282. The molecule has 0 saturated carbocycles. The van der Waals surface area contributed by atoms with E-state index in [-0.39, 0.29) is 5.97 Å². The van der Waals surface area contributed by atoms with Gasteiger partial charge in [0.1, 0.15) is 0 Å². The van der Waals surface area contributed by atoms with Crippen LogP contribution in [0.15, 0.2) is 91.0 Å². The van der Waals surface area contributed by atoms with Crippen LogP contribution in [0, 0.1) is 0 Å². The van der Waals surface area contributed by atoms with Crippen LogP contribution in [0.4, 0.5) is 0 Å². The highest BCUT2D eigenvalue weighted by Crippen LogP contribution is 2.32. The molecule has 0 spiro atoms. The van der Waals surface area contributed by atoms with E-state index in [1.165, 1.54) is 0 Å². The monoisotopic (exact) mass is 330 g/mol. The van der Waals surface area contributed by atoms with Gasteiger partial charge >= 0.3 is 5.97 Å². The minimum atomic E-state index is -0.282. The first-order chi connectivity index (χ1) is 11.8. The number of carbonyl (C=O) groups excluding carboxylic acids is 1. The average Bonchev–Trinajstić information content (AvgIpc) is 2.67. The molecule has 0 aromatic heterocycles. The third-order valence-electron chi connectivity index (χ3n) is 3.83. The van der Waals surface area contributed by atoms with Crippen molar-refractivity contribution in [3.8, 4) is 0 Å². The van der Waals surface area contributed by atoms with Crippen molar-refractivity contribution in [1.82, 2.24) is 0 Å². The summed E-state index contributed by atoms with van der Waals surface area (Å²) in [6.07, 6.45) is 0. The van der Waals surface area contributed by atoms with E-state index in [4.69, 9.17) is 4.43 Å². The summed E-state index contributed by atoms with van der Waals surface area (Å²) in [5.41, 5.74) is 4.34. The Labute approximate surface area is 145 Å². The van der Waals surface area contributed by atoms with Gasteiger partial charge in [-0.25, -0.2) is 4.79 Å². The normalized spacial score (nSPS) is 10.2. The lowest BCUT2D eigenvalue weighted by Gasteiger charge is -2.15. The van der Waals surface area contributed by atoms with Crippen LogP contribution in [0.5, 0.6) is 0 Å². The van der Waals surface area contributed by atoms with Crippen LogP contribution in [0.1, 0.15) is 16.7 Å². The lowest BCUT2D eigenvalue weighted by atomic mass is 9.89. The van der Waals surface area contributed by atoms with Crippen molar-refractivity contribution >= 4 is 27.6 Å². The van der Waals surface area contributed by atoms with Crippen LogP contribution >= 0.6 is 0 Å². The molecule has 2 nitrogen and oxygen atoms in total. The Bertz CT molecular complexity index is 799. The van der Waals surface area contributed by atoms with Gasteiger partial charge in [-0.05, 0) is 16.7 Å². The smallest absolute Gasteiger partial charge is 0.325 e. The van der Waals surface area contributed by atoms with Gasteiger partial charge in [0, 0.05) is 5.57 Å². The second kappa shape index (κ2) is 7.57. The van der Waals surface area contributed by atoms with Gasteiger partial charge in [0.05, 0.1) is 5.57 Å². The molecule has 3 heteroatoms. The molecular formula is C21H18O2Si. The molecule has 0 atom stereocenters. The summed E-state index contributed by atoms with van der Waals surface area (Å²) in [4.78, 5) is 12.7. The third kappa shape index (κ3) is 3.36. The maximum Gasteiger partial charge on any atom is 0.325 e. The van der Waals surface area contributed by atoms with Crippen molar-refractivity contribution in [2.45, 2.75) is 0 Å². The van der Waals surface area contributed by atoms with Gasteiger partial charge in [0.15, 0.2) is 0 Å². The highest BCUT2D eigenvalue weighted by atomic mass is 28.2. The zero-order valence-corrected chi connectivity index (χ0v) is 15.5. The molecule has 0 heterocycles. The summed E-state index contributed by atoms with van der Waals surface area (Å²) >= 11 is 0. The van der Waals surface area contributed by atoms with E-state index < -0.39 is 0 Å². The molecule has 118 valence electrons. The Morgan fingerprint density at radius 3 is 1.38 bits per heavy atom. The fourth-order valence-corrected chi connectivity index (χ4v) is 2.94. The van der Waals surface area contributed by atoms with Gasteiger partial charge in [0.2, 0.25) is 10.5 Å². The Kier molecular flexibility index (Phi) is 5.04. The number of carbonyl (C=O) groups is 1. The summed E-state index contributed by atoms with van der Waals surface area (Å²) in [7, 11) is 0.359. The van der Waals surface area contributed by atoms with Crippen molar-refractivity contribution in [1.29, 1.82) is 0 Å². The Hall–Kier alpha value is -2.91. The average molecular weight is 330 g/mol. The highest BCUT2D eigenvalue weighted by molar-refractivity contribution is 6.30. The molecule has 0 N–H and O–H groups in total. The summed E-state index contributed by atoms with van der Waals surface area (Å²) in [6.45, 7) is 0. The van der Waals surface area contributed by atoms with Crippen LogP contribution in [-0.4, -0.2) is 16.5 Å². The van der Waals surface area contributed by atoms with E-state index in [0.29, 0.717) is 16.1 Å². The fraction of sp³-hybridized carbons (Fsp3) is 0. The number of hydrogen-bond acceptors (Lipinski definition) is 2. The maximum atomic E-state index is 12.7. The predicted octanol–water partition coefficient (Wildman–Crippen LogP) is 3.47. The van der Waals surface area contributed by atoms with Gasteiger partial charge in [-0.15, -0.1) is 0 Å². The molecule has 0 aliphatic heterocycles. The van der Waals surface area contributed by atoms with Crippen molar-refractivity contribution in [2.75, 3.05) is 0 Å². The van der Waals surface area contributed by atoms with Crippen LogP contribution in [0.2, 0.25) is 0 Å². The standard InChI is InChI=1S/C21H18O2Si/c22-21(23-24)20(18-14-8-3-9-15-18)19(16-10-4-1-5-11-16)17-12-6-2-7-13-17/h1-15H,24H3. The Morgan fingerprint density at radius 1 is 0.625 bits per heavy atom. The fourth-order valence-electron chi connectivity index (χ4n) is 2.74. The van der Waals surface area contributed by atoms with Gasteiger partial charge in [-0.2, -0.15) is 0 Å². The predicted molar refractivity (Wildman–Crippen MR) is 101 cm³/mol. The first-order valence-corrected chi connectivity index (χ1v) is 8.62. The molecule has 0 saturated heterocycles. The van der Waals surface area contributed by atoms with Gasteiger partial charge in [-0.3, -0.25) is 0 Å². The largest absolute Gasteiger partial charge is 0.525 e. The van der Waals surface area contributed by atoms with E-state index >= 15 is 0 Å². The van der Waals surface area contributed by atoms with E-state index in [0.717, 1.165) is 22.3 Å². The molecule has 0 aliphatic rings. The van der Waals surface area contributed by atoms with Crippen LogP contribution in [0.25, 0.3) is 11.1 Å². The van der Waals surface area contributed by atoms with Crippen LogP contribution in [-0.2, 0) is 9.22 Å². The van der Waals surface area contributed by atoms with Crippen molar-refractivity contribution in [3.63, 3.8) is 0 Å². The zero-order valence-electron chi connectivity index (χ0n) is 13.5. The molecule has 3 aromatic rings.